The second-order valence-electron chi connectivity index (χ2n) is 8.08. The molecule has 0 saturated carbocycles. The molecule has 7 nitrogen and oxygen atoms in total. The van der Waals surface area contributed by atoms with E-state index in [1.807, 2.05) is 51.1 Å². The normalized spacial score (nSPS) is 14.2. The van der Waals surface area contributed by atoms with Crippen molar-refractivity contribution in [1.82, 2.24) is 14.1 Å². The van der Waals surface area contributed by atoms with Crippen molar-refractivity contribution in [3.63, 3.8) is 0 Å². The van der Waals surface area contributed by atoms with Gasteiger partial charge in [0.15, 0.2) is 5.69 Å². The number of hydrogen-bond acceptors (Lipinski definition) is 5. The van der Waals surface area contributed by atoms with Crippen LogP contribution in [0, 0.1) is 20.8 Å². The zero-order chi connectivity index (χ0) is 23.0. The van der Waals surface area contributed by atoms with Crippen molar-refractivity contribution in [2.75, 3.05) is 13.2 Å². The molecule has 168 valence electrons. The number of sulfonamides is 1. The highest BCUT2D eigenvalue weighted by molar-refractivity contribution is 7.89. The number of benzene rings is 2. The van der Waals surface area contributed by atoms with Crippen molar-refractivity contribution in [3.05, 3.63) is 76.1 Å². The number of nitrogens with zero attached hydrogens (tertiary/aromatic N) is 3. The third kappa shape index (κ3) is 3.96. The number of rotatable bonds is 5. The quantitative estimate of drug-likeness (QED) is 0.550. The van der Waals surface area contributed by atoms with Crippen molar-refractivity contribution in [3.8, 4) is 5.69 Å². The maximum absolute atomic E-state index is 13.4. The molecule has 0 radical (unpaired) electrons. The van der Waals surface area contributed by atoms with E-state index in [0.717, 1.165) is 28.1 Å². The Morgan fingerprint density at radius 2 is 1.78 bits per heavy atom. The van der Waals surface area contributed by atoms with Crippen LogP contribution in [-0.2, 0) is 27.7 Å². The van der Waals surface area contributed by atoms with Gasteiger partial charge in [0.2, 0.25) is 10.0 Å². The van der Waals surface area contributed by atoms with Crippen LogP contribution in [0.5, 0.6) is 0 Å². The number of aromatic nitrogens is 2. The highest BCUT2D eigenvalue weighted by Gasteiger charge is 2.35. The van der Waals surface area contributed by atoms with Crippen LogP contribution >= 0.6 is 0 Å². The summed E-state index contributed by atoms with van der Waals surface area (Å²) in [6.45, 7) is 8.18. The van der Waals surface area contributed by atoms with Gasteiger partial charge >= 0.3 is 5.97 Å². The lowest BCUT2D eigenvalue weighted by atomic mass is 10.1. The molecule has 0 unspecified atom stereocenters. The Labute approximate surface area is 188 Å². The highest BCUT2D eigenvalue weighted by atomic mass is 32.2. The fourth-order valence-electron chi connectivity index (χ4n) is 3.89. The van der Waals surface area contributed by atoms with Crippen LogP contribution in [0.2, 0.25) is 0 Å². The first-order chi connectivity index (χ1) is 15.2. The lowest BCUT2D eigenvalue weighted by Crippen LogP contribution is -2.36. The first-order valence-electron chi connectivity index (χ1n) is 10.6. The van der Waals surface area contributed by atoms with Crippen LogP contribution in [-0.4, -0.2) is 41.6 Å². The van der Waals surface area contributed by atoms with E-state index in [2.05, 4.69) is 5.10 Å². The third-order valence-corrected chi connectivity index (χ3v) is 7.73. The molecule has 4 rings (SSSR count). The van der Waals surface area contributed by atoms with Gasteiger partial charge < -0.3 is 4.74 Å². The number of aryl methyl sites for hydroxylation is 3. The summed E-state index contributed by atoms with van der Waals surface area (Å²) >= 11 is 0. The minimum atomic E-state index is -3.72. The van der Waals surface area contributed by atoms with Gasteiger partial charge in [0.1, 0.15) is 0 Å². The monoisotopic (exact) mass is 453 g/mol. The molecule has 1 aliphatic heterocycles. The first kappa shape index (κ1) is 22.2. The van der Waals surface area contributed by atoms with Gasteiger partial charge in [0.05, 0.1) is 22.9 Å². The Morgan fingerprint density at radius 1 is 1.06 bits per heavy atom. The summed E-state index contributed by atoms with van der Waals surface area (Å²) in [5, 5.41) is 4.55. The van der Waals surface area contributed by atoms with E-state index in [9.17, 15) is 13.2 Å². The lowest BCUT2D eigenvalue weighted by Gasteiger charge is -2.27. The molecule has 0 spiro atoms. The van der Waals surface area contributed by atoms with Gasteiger partial charge in [-0.15, -0.1) is 0 Å². The highest BCUT2D eigenvalue weighted by Crippen LogP contribution is 2.30. The van der Waals surface area contributed by atoms with Gasteiger partial charge in [-0.25, -0.2) is 17.9 Å². The average molecular weight is 454 g/mol. The van der Waals surface area contributed by atoms with E-state index in [1.54, 1.807) is 23.7 Å². The second-order valence-corrected chi connectivity index (χ2v) is 10.0. The molecular formula is C24H27N3O4S. The minimum Gasteiger partial charge on any atom is -0.461 e. The molecule has 3 aromatic rings. The smallest absolute Gasteiger partial charge is 0.359 e. The van der Waals surface area contributed by atoms with Gasteiger partial charge in [0, 0.05) is 25.1 Å². The predicted octanol–water partition coefficient (Wildman–Crippen LogP) is 3.72. The van der Waals surface area contributed by atoms with E-state index in [1.165, 1.54) is 4.31 Å². The average Bonchev–Trinajstić information content (AvgIpc) is 3.15. The molecule has 0 bridgehead atoms. The van der Waals surface area contributed by atoms with Gasteiger partial charge in [0.25, 0.3) is 0 Å². The summed E-state index contributed by atoms with van der Waals surface area (Å²) in [5.41, 5.74) is 5.50. The van der Waals surface area contributed by atoms with Crippen molar-refractivity contribution in [2.45, 2.75) is 45.6 Å². The SMILES string of the molecule is CCOC(=O)c1nn(-c2ccc(C)cc2)c2c1CN(S(=O)(=O)c1ccc(C)c(C)c1)CC2. The number of carbonyl (C=O) groups is 1. The van der Waals surface area contributed by atoms with E-state index >= 15 is 0 Å². The molecule has 0 aliphatic carbocycles. The molecule has 8 heteroatoms. The molecule has 0 amide bonds. The molecule has 1 aromatic heterocycles. The summed E-state index contributed by atoms with van der Waals surface area (Å²) in [5.74, 6) is -0.542. The zero-order valence-corrected chi connectivity index (χ0v) is 19.6. The Kier molecular flexibility index (Phi) is 5.92. The molecule has 0 N–H and O–H groups in total. The maximum Gasteiger partial charge on any atom is 0.359 e. The Bertz CT molecular complexity index is 1280. The number of esters is 1. The zero-order valence-electron chi connectivity index (χ0n) is 18.8. The molecule has 2 aromatic carbocycles. The number of carbonyl (C=O) groups excluding carboxylic acids is 1. The maximum atomic E-state index is 13.4. The van der Waals surface area contributed by atoms with Crippen LogP contribution in [0.4, 0.5) is 0 Å². The number of ether oxygens (including phenoxy) is 1. The van der Waals surface area contributed by atoms with Crippen molar-refractivity contribution < 1.29 is 17.9 Å². The lowest BCUT2D eigenvalue weighted by molar-refractivity contribution is 0.0517. The molecule has 0 saturated heterocycles. The van der Waals surface area contributed by atoms with E-state index < -0.39 is 16.0 Å². The van der Waals surface area contributed by atoms with Crippen LogP contribution in [0.25, 0.3) is 5.69 Å². The van der Waals surface area contributed by atoms with Crippen LogP contribution < -0.4 is 0 Å². The minimum absolute atomic E-state index is 0.0740. The molecule has 1 aliphatic rings. The van der Waals surface area contributed by atoms with Crippen LogP contribution in [0.15, 0.2) is 47.4 Å². The Balaban J connectivity index is 1.76. The summed E-state index contributed by atoms with van der Waals surface area (Å²) in [7, 11) is -3.72. The van der Waals surface area contributed by atoms with Crippen molar-refractivity contribution in [1.29, 1.82) is 0 Å². The summed E-state index contributed by atoms with van der Waals surface area (Å²) in [6.07, 6.45) is 0.444. The van der Waals surface area contributed by atoms with Gasteiger partial charge in [-0.1, -0.05) is 23.8 Å². The van der Waals surface area contributed by atoms with Crippen molar-refractivity contribution in [2.24, 2.45) is 0 Å². The van der Waals surface area contributed by atoms with Gasteiger partial charge in [-0.2, -0.15) is 9.40 Å². The Morgan fingerprint density at radius 3 is 2.44 bits per heavy atom. The standard InChI is InChI=1S/C24H27N3O4S/c1-5-31-24(28)23-21-15-26(32(29,30)20-11-8-17(3)18(4)14-20)13-12-22(21)27(25-23)19-9-6-16(2)7-10-19/h6-11,14H,5,12-13,15H2,1-4H3. The number of fused-ring (bicyclic) bond motifs is 1. The first-order valence-corrected chi connectivity index (χ1v) is 12.1. The fraction of sp³-hybridized carbons (Fsp3) is 0.333. The van der Waals surface area contributed by atoms with Crippen LogP contribution in [0.1, 0.15) is 45.4 Å². The summed E-state index contributed by atoms with van der Waals surface area (Å²) < 4.78 is 35.1. The second kappa shape index (κ2) is 8.52. The Hall–Kier alpha value is -2.97. The topological polar surface area (TPSA) is 81.5 Å². The molecular weight excluding hydrogens is 426 g/mol. The number of hydrogen-bond donors (Lipinski definition) is 0. The fourth-order valence-corrected chi connectivity index (χ4v) is 5.38. The summed E-state index contributed by atoms with van der Waals surface area (Å²) in [6, 6.07) is 13.0. The van der Waals surface area contributed by atoms with E-state index in [-0.39, 0.29) is 23.7 Å². The van der Waals surface area contributed by atoms with Crippen molar-refractivity contribution >= 4 is 16.0 Å². The molecule has 0 atom stereocenters. The molecule has 0 fully saturated rings. The summed E-state index contributed by atoms with van der Waals surface area (Å²) in [4.78, 5) is 12.9. The largest absolute Gasteiger partial charge is 0.461 e. The van der Waals surface area contributed by atoms with Gasteiger partial charge in [-0.05, 0) is 63.1 Å². The van der Waals surface area contributed by atoms with Gasteiger partial charge in [-0.3, -0.25) is 0 Å². The van der Waals surface area contributed by atoms with Crippen LogP contribution in [0.3, 0.4) is 0 Å². The molecule has 32 heavy (non-hydrogen) atoms. The van der Waals surface area contributed by atoms with E-state index in [4.69, 9.17) is 4.74 Å². The van der Waals surface area contributed by atoms with E-state index in [0.29, 0.717) is 18.5 Å². The third-order valence-electron chi connectivity index (χ3n) is 5.89. The molecule has 2 heterocycles. The predicted molar refractivity (Wildman–Crippen MR) is 121 cm³/mol.